The van der Waals surface area contributed by atoms with Gasteiger partial charge in [-0.2, -0.15) is 0 Å². The van der Waals surface area contributed by atoms with Crippen molar-refractivity contribution in [3.63, 3.8) is 0 Å². The SMILES string of the molecule is O=S(=O)([O-])[O-].[K+].[OH-]. The van der Waals surface area contributed by atoms with E-state index < -0.39 is 10.4 Å². The summed E-state index contributed by atoms with van der Waals surface area (Å²) in [5, 5.41) is 0. The Kier molecular flexibility index (Phi) is 12.6. The van der Waals surface area contributed by atoms with E-state index in [-0.39, 0.29) is 56.9 Å². The van der Waals surface area contributed by atoms with Crippen LogP contribution < -0.4 is 51.4 Å². The third-order valence-electron chi connectivity index (χ3n) is 0. The second kappa shape index (κ2) is 5.60. The molecule has 7 heavy (non-hydrogen) atoms. The van der Waals surface area contributed by atoms with Crippen LogP contribution in [-0.2, 0) is 10.4 Å². The monoisotopic (exact) mass is 152 g/mol. The fourth-order valence-electron chi connectivity index (χ4n) is 0. The van der Waals surface area contributed by atoms with Gasteiger partial charge >= 0.3 is 51.4 Å². The molecule has 0 amide bonds. The molecule has 0 atom stereocenters. The summed E-state index contributed by atoms with van der Waals surface area (Å²) < 4.78 is 34.1. The normalized spacial score (nSPS) is 8.29. The molecular weight excluding hydrogens is 151 g/mol. The summed E-state index contributed by atoms with van der Waals surface area (Å²) in [4.78, 5) is 0. The van der Waals surface area contributed by atoms with Crippen LogP contribution in [0.25, 0.3) is 0 Å². The predicted molar refractivity (Wildman–Crippen MR) is 12.4 cm³/mol. The molecule has 0 aromatic carbocycles. The summed E-state index contributed by atoms with van der Waals surface area (Å²) in [5.74, 6) is 0. The first-order valence-electron chi connectivity index (χ1n) is 0.667. The number of hydrogen-bond donors (Lipinski definition) is 0. The van der Waals surface area contributed by atoms with E-state index in [1.807, 2.05) is 0 Å². The van der Waals surface area contributed by atoms with Gasteiger partial charge in [-0.3, -0.25) is 8.42 Å². The third-order valence-corrected chi connectivity index (χ3v) is 0. The van der Waals surface area contributed by atoms with Crippen molar-refractivity contribution in [2.24, 2.45) is 0 Å². The van der Waals surface area contributed by atoms with Crippen LogP contribution in [0.3, 0.4) is 0 Å². The van der Waals surface area contributed by atoms with Crippen LogP contribution in [0, 0.1) is 0 Å². The summed E-state index contributed by atoms with van der Waals surface area (Å²) in [7, 11) is -5.17. The van der Waals surface area contributed by atoms with Crippen LogP contribution in [-0.4, -0.2) is 23.0 Å². The minimum absolute atomic E-state index is 0. The molecule has 0 aliphatic heterocycles. The summed E-state index contributed by atoms with van der Waals surface area (Å²) in [6.45, 7) is 0. The van der Waals surface area contributed by atoms with Crippen LogP contribution in [0.4, 0.5) is 0 Å². The molecule has 0 aliphatic rings. The van der Waals surface area contributed by atoms with Gasteiger partial charge in [-0.15, -0.1) is 0 Å². The fourth-order valence-corrected chi connectivity index (χ4v) is 0. The molecular formula is HKO5S-2. The van der Waals surface area contributed by atoms with Crippen molar-refractivity contribution in [2.45, 2.75) is 0 Å². The Morgan fingerprint density at radius 1 is 1.14 bits per heavy atom. The molecule has 0 fully saturated rings. The second-order valence-corrected chi connectivity index (χ2v) is 1.22. The molecule has 0 saturated carbocycles. The first-order valence-corrected chi connectivity index (χ1v) is 2.00. The third kappa shape index (κ3) is 104. The van der Waals surface area contributed by atoms with Gasteiger partial charge < -0.3 is 14.6 Å². The predicted octanol–water partition coefficient (Wildman–Crippen LogP) is -4.51. The van der Waals surface area contributed by atoms with Gasteiger partial charge in [0, 0.05) is 10.4 Å². The Morgan fingerprint density at radius 3 is 1.14 bits per heavy atom. The Bertz CT molecular complexity index is 91.2. The molecule has 0 heterocycles. The molecule has 1 N–H and O–H groups in total. The first-order chi connectivity index (χ1) is 2.00. The van der Waals surface area contributed by atoms with Crippen LogP contribution in [0.1, 0.15) is 0 Å². The van der Waals surface area contributed by atoms with Crippen LogP contribution in [0.15, 0.2) is 0 Å². The van der Waals surface area contributed by atoms with Crippen molar-refractivity contribution >= 4 is 10.4 Å². The quantitative estimate of drug-likeness (QED) is 0.197. The van der Waals surface area contributed by atoms with E-state index >= 15 is 0 Å². The molecule has 0 unspecified atom stereocenters. The molecule has 0 bridgehead atoms. The van der Waals surface area contributed by atoms with Crippen molar-refractivity contribution in [3.05, 3.63) is 0 Å². The zero-order chi connectivity index (χ0) is 4.50. The Balaban J connectivity index is -0.0000000800. The maximum absolute atomic E-state index is 8.52. The molecule has 0 rings (SSSR count). The first kappa shape index (κ1) is 15.8. The van der Waals surface area contributed by atoms with Crippen LogP contribution in [0.2, 0.25) is 0 Å². The van der Waals surface area contributed by atoms with Crippen LogP contribution >= 0.6 is 0 Å². The largest absolute Gasteiger partial charge is 1.00 e. The van der Waals surface area contributed by atoms with E-state index in [2.05, 4.69) is 0 Å². The van der Waals surface area contributed by atoms with Crippen molar-refractivity contribution < 1.29 is 74.4 Å². The molecule has 0 aromatic heterocycles. The van der Waals surface area contributed by atoms with Gasteiger partial charge in [-0.1, -0.05) is 0 Å². The van der Waals surface area contributed by atoms with Gasteiger partial charge in [-0.25, -0.2) is 0 Å². The van der Waals surface area contributed by atoms with E-state index in [1.165, 1.54) is 0 Å². The Labute approximate surface area is 83.4 Å². The molecule has 7 heteroatoms. The van der Waals surface area contributed by atoms with Crippen molar-refractivity contribution in [1.29, 1.82) is 0 Å². The van der Waals surface area contributed by atoms with E-state index in [1.54, 1.807) is 0 Å². The number of rotatable bonds is 0. The number of hydrogen-bond acceptors (Lipinski definition) is 5. The van der Waals surface area contributed by atoms with Crippen molar-refractivity contribution in [3.8, 4) is 0 Å². The van der Waals surface area contributed by atoms with Gasteiger partial charge in [0.2, 0.25) is 0 Å². The van der Waals surface area contributed by atoms with Gasteiger partial charge in [-0.05, 0) is 0 Å². The smallest absolute Gasteiger partial charge is 0.870 e. The Morgan fingerprint density at radius 2 is 1.14 bits per heavy atom. The van der Waals surface area contributed by atoms with E-state index in [9.17, 15) is 0 Å². The molecule has 40 valence electrons. The van der Waals surface area contributed by atoms with E-state index in [0.29, 0.717) is 0 Å². The zero-order valence-corrected chi connectivity index (χ0v) is 7.43. The average Bonchev–Trinajstić information content (AvgIpc) is 0.722. The van der Waals surface area contributed by atoms with Gasteiger partial charge in [0.15, 0.2) is 0 Å². The molecule has 0 aliphatic carbocycles. The molecule has 0 spiro atoms. The minimum Gasteiger partial charge on any atom is -0.870 e. The van der Waals surface area contributed by atoms with Gasteiger partial charge in [0.25, 0.3) is 0 Å². The average molecular weight is 152 g/mol. The second-order valence-electron chi connectivity index (χ2n) is 0.408. The van der Waals surface area contributed by atoms with E-state index in [0.717, 1.165) is 0 Å². The standard InChI is InChI=1S/K.H2O4S.H2O/c;1-5(2,3)4;/h;(H2,1,2,3,4);1H2/q+1;;/p-3. The molecule has 0 aromatic rings. The summed E-state index contributed by atoms with van der Waals surface area (Å²) >= 11 is 0. The minimum atomic E-state index is -5.17. The maximum Gasteiger partial charge on any atom is 1.00 e. The van der Waals surface area contributed by atoms with Gasteiger partial charge in [0.1, 0.15) is 0 Å². The topological polar surface area (TPSA) is 110 Å². The Hall–Kier alpha value is 1.47. The fraction of sp³-hybridized carbons (Fsp3) is 0. The zero-order valence-electron chi connectivity index (χ0n) is 3.49. The molecule has 0 radical (unpaired) electrons. The molecule has 0 saturated heterocycles. The van der Waals surface area contributed by atoms with Crippen LogP contribution in [0.5, 0.6) is 0 Å². The maximum atomic E-state index is 8.52. The van der Waals surface area contributed by atoms with E-state index in [4.69, 9.17) is 17.5 Å². The molecule has 5 nitrogen and oxygen atoms in total. The van der Waals surface area contributed by atoms with Crippen molar-refractivity contribution in [2.75, 3.05) is 0 Å². The summed E-state index contributed by atoms with van der Waals surface area (Å²) in [6.07, 6.45) is 0. The summed E-state index contributed by atoms with van der Waals surface area (Å²) in [5.41, 5.74) is 0. The van der Waals surface area contributed by atoms with Crippen molar-refractivity contribution in [1.82, 2.24) is 0 Å². The van der Waals surface area contributed by atoms with Gasteiger partial charge in [0.05, 0.1) is 0 Å². The summed E-state index contributed by atoms with van der Waals surface area (Å²) in [6, 6.07) is 0.